The summed E-state index contributed by atoms with van der Waals surface area (Å²) >= 11 is 0. The van der Waals surface area contributed by atoms with E-state index >= 15 is 0 Å². The van der Waals surface area contributed by atoms with E-state index in [1.54, 1.807) is 7.05 Å². The summed E-state index contributed by atoms with van der Waals surface area (Å²) in [4.78, 5) is 31.9. The summed E-state index contributed by atoms with van der Waals surface area (Å²) in [5.74, 6) is -1.62. The molecule has 0 aromatic heterocycles. The molecule has 0 fully saturated rings. The third-order valence-corrected chi connectivity index (χ3v) is 3.23. The summed E-state index contributed by atoms with van der Waals surface area (Å²) in [5, 5.41) is 2.33. The number of quaternary nitrogens is 1. The zero-order valence-corrected chi connectivity index (χ0v) is 16.8. The number of primary amides is 1. The molecule has 0 unspecified atom stereocenters. The lowest BCUT2D eigenvalue weighted by atomic mass is 10.1. The summed E-state index contributed by atoms with van der Waals surface area (Å²) in [5.41, 5.74) is 3.47. The summed E-state index contributed by atoms with van der Waals surface area (Å²) in [6, 6.07) is 0. The van der Waals surface area contributed by atoms with Crippen LogP contribution in [0.3, 0.4) is 0 Å². The summed E-state index contributed by atoms with van der Waals surface area (Å²) in [6.07, 6.45) is 3.54. The van der Waals surface area contributed by atoms with Gasteiger partial charge in [0.2, 0.25) is 17.7 Å². The van der Waals surface area contributed by atoms with E-state index in [2.05, 4.69) is 30.8 Å². The third kappa shape index (κ3) is 26.4. The Labute approximate surface area is 155 Å². The molecule has 0 aliphatic rings. The lowest BCUT2D eigenvalue weighted by Crippen LogP contribution is -2.47. The molecule has 11 heteroatoms. The highest BCUT2D eigenvalue weighted by Gasteiger charge is 2.22. The highest BCUT2D eigenvalue weighted by Crippen LogP contribution is 2.05. The first kappa shape index (κ1) is 31.3. The van der Waals surface area contributed by atoms with E-state index in [0.717, 1.165) is 12.2 Å². The van der Waals surface area contributed by atoms with Crippen LogP contribution in [0.15, 0.2) is 38.1 Å². The fraction of sp³-hybridized carbons (Fsp3) is 0.400. The fourth-order valence-electron chi connectivity index (χ4n) is 0.991. The lowest BCUT2D eigenvalue weighted by molar-refractivity contribution is -0.125. The molecule has 0 atom stereocenters. The van der Waals surface area contributed by atoms with Crippen molar-refractivity contribution >= 4 is 27.8 Å². The predicted octanol–water partition coefficient (Wildman–Crippen LogP) is 0.255. The van der Waals surface area contributed by atoms with Gasteiger partial charge in [-0.15, -0.1) is 0 Å². The Morgan fingerprint density at radius 2 is 1.58 bits per heavy atom. The lowest BCUT2D eigenvalue weighted by Gasteiger charge is -2.26. The second-order valence-electron chi connectivity index (χ2n) is 5.20. The van der Waals surface area contributed by atoms with Crippen molar-refractivity contribution in [3.8, 4) is 0 Å². The molecule has 0 bridgehead atoms. The molecule has 0 aromatic carbocycles. The molecule has 3 amide bonds. The van der Waals surface area contributed by atoms with Crippen LogP contribution in [0, 0.1) is 0 Å². The first-order valence-electron chi connectivity index (χ1n) is 6.77. The Bertz CT molecular complexity index is 599. The molecule has 0 rings (SSSR count). The Balaban J connectivity index is -0.000000157. The number of carbonyl (C=O) groups excluding carboxylic acids is 3. The van der Waals surface area contributed by atoms with Crippen LogP contribution in [-0.4, -0.2) is 53.9 Å². The smallest absolute Gasteiger partial charge is 0.243 e. The molecule has 7 N–H and O–H groups in total. The second-order valence-corrected chi connectivity index (χ2v) is 6.60. The Morgan fingerprint density at radius 1 is 1.19 bits per heavy atom. The minimum Gasteiger partial charge on any atom is -0.748 e. The molecular formula is C15H30N4O6S. The van der Waals surface area contributed by atoms with Gasteiger partial charge in [-0.05, 0) is 32.2 Å². The number of carbonyl (C=O) groups is 3. The molecule has 10 nitrogen and oxygen atoms in total. The van der Waals surface area contributed by atoms with Gasteiger partial charge in [0, 0.05) is 19.5 Å². The van der Waals surface area contributed by atoms with Gasteiger partial charge in [-0.1, -0.05) is 19.7 Å². The van der Waals surface area contributed by atoms with Crippen molar-refractivity contribution in [2.24, 2.45) is 5.73 Å². The zero-order chi connectivity index (χ0) is 20.8. The van der Waals surface area contributed by atoms with Gasteiger partial charge in [0.1, 0.15) is 0 Å². The van der Waals surface area contributed by atoms with Crippen LogP contribution >= 0.6 is 0 Å². The maximum atomic E-state index is 10.8. The highest BCUT2D eigenvalue weighted by atomic mass is 32.2. The summed E-state index contributed by atoms with van der Waals surface area (Å²) in [7, 11) is -2.67. The molecule has 0 saturated heterocycles. The van der Waals surface area contributed by atoms with Gasteiger partial charge in [0.15, 0.2) is 0 Å². The molecule has 0 radical (unpaired) electrons. The van der Waals surface area contributed by atoms with E-state index in [-0.39, 0.29) is 12.1 Å². The number of hydrogen-bond acceptors (Lipinski definition) is 6. The van der Waals surface area contributed by atoms with Crippen LogP contribution in [0.5, 0.6) is 0 Å². The van der Waals surface area contributed by atoms with Gasteiger partial charge < -0.3 is 26.7 Å². The minimum atomic E-state index is -4.33. The van der Waals surface area contributed by atoms with E-state index in [9.17, 15) is 27.4 Å². The van der Waals surface area contributed by atoms with Crippen molar-refractivity contribution in [2.75, 3.05) is 12.8 Å². The normalized spacial score (nSPS) is 9.42. The molecule has 0 spiro atoms. The molecule has 0 heterocycles. The maximum Gasteiger partial charge on any atom is 0.243 e. The number of hydrogen-bond donors (Lipinski definition) is 3. The van der Waals surface area contributed by atoms with Crippen molar-refractivity contribution in [3.05, 3.63) is 38.1 Å². The first-order chi connectivity index (χ1) is 11.1. The van der Waals surface area contributed by atoms with Gasteiger partial charge in [0.25, 0.3) is 0 Å². The Hall–Kier alpha value is -2.50. The van der Waals surface area contributed by atoms with Gasteiger partial charge >= 0.3 is 0 Å². The predicted molar refractivity (Wildman–Crippen MR) is 101 cm³/mol. The molecule has 0 aliphatic carbocycles. The average molecular weight is 394 g/mol. The molecule has 152 valence electrons. The van der Waals surface area contributed by atoms with Gasteiger partial charge in [-0.25, -0.2) is 8.42 Å². The van der Waals surface area contributed by atoms with Crippen molar-refractivity contribution in [2.45, 2.75) is 26.3 Å². The number of nitrogens with one attached hydrogen (secondary N) is 1. The van der Waals surface area contributed by atoms with Crippen molar-refractivity contribution < 1.29 is 27.4 Å². The molecular weight excluding hydrogens is 364 g/mol. The van der Waals surface area contributed by atoms with E-state index < -0.39 is 33.2 Å². The molecule has 26 heavy (non-hydrogen) atoms. The van der Waals surface area contributed by atoms with Crippen LogP contribution in [0.2, 0.25) is 0 Å². The third-order valence-electron chi connectivity index (χ3n) is 2.16. The SMILES string of the molecule is C=CC(=O)NC(C)(C)CS(=O)(=O)[O-].C=CC(N)=O.C=CN(C)C(C)=O.[NH4+]. The first-order valence-corrected chi connectivity index (χ1v) is 8.35. The fourth-order valence-corrected chi connectivity index (χ4v) is 1.95. The summed E-state index contributed by atoms with van der Waals surface area (Å²) < 4.78 is 31.2. The van der Waals surface area contributed by atoms with Crippen LogP contribution in [0.25, 0.3) is 0 Å². The van der Waals surface area contributed by atoms with Crippen molar-refractivity contribution in [3.63, 3.8) is 0 Å². The summed E-state index contributed by atoms with van der Waals surface area (Å²) in [6.45, 7) is 14.1. The molecule has 0 saturated carbocycles. The van der Waals surface area contributed by atoms with Crippen LogP contribution in [0.4, 0.5) is 0 Å². The van der Waals surface area contributed by atoms with Crippen molar-refractivity contribution in [1.29, 1.82) is 0 Å². The van der Waals surface area contributed by atoms with Crippen LogP contribution < -0.4 is 17.2 Å². The van der Waals surface area contributed by atoms with E-state index in [1.807, 2.05) is 0 Å². The van der Waals surface area contributed by atoms with Crippen LogP contribution in [0.1, 0.15) is 20.8 Å². The Kier molecular flexibility index (Phi) is 17.8. The minimum absolute atomic E-state index is 0. The number of nitrogens with two attached hydrogens (primary N) is 1. The zero-order valence-electron chi connectivity index (χ0n) is 15.9. The number of nitrogens with zero attached hydrogens (tertiary/aromatic N) is 1. The largest absolute Gasteiger partial charge is 0.748 e. The maximum absolute atomic E-state index is 10.8. The topological polar surface area (TPSA) is 186 Å². The van der Waals surface area contributed by atoms with E-state index in [1.165, 1.54) is 31.9 Å². The highest BCUT2D eigenvalue weighted by molar-refractivity contribution is 7.85. The quantitative estimate of drug-likeness (QED) is 0.428. The average Bonchev–Trinajstić information content (AvgIpc) is 2.44. The van der Waals surface area contributed by atoms with Gasteiger partial charge in [-0.2, -0.15) is 0 Å². The van der Waals surface area contributed by atoms with Gasteiger partial charge in [-0.3, -0.25) is 14.4 Å². The molecule has 0 aromatic rings. The number of amides is 3. The standard InChI is InChI=1S/C7H13NO4S.C5H9NO.C3H5NO.H3N/c1-4-6(9)8-7(2,3)5-13(10,11)12;1-4-6(3)5(2)7;1-2-3(4)5;/h4H,1,5H2,2-3H3,(H,8,9)(H,10,11,12);4H,1H2,2-3H3;2H,1H2,(H2,4,5);1H3. The number of rotatable bonds is 6. The van der Waals surface area contributed by atoms with E-state index in [4.69, 9.17) is 0 Å². The van der Waals surface area contributed by atoms with Gasteiger partial charge in [0.05, 0.1) is 15.9 Å². The Morgan fingerprint density at radius 3 is 1.73 bits per heavy atom. The van der Waals surface area contributed by atoms with Crippen LogP contribution in [-0.2, 0) is 24.5 Å². The monoisotopic (exact) mass is 394 g/mol. The van der Waals surface area contributed by atoms with Crippen molar-refractivity contribution in [1.82, 2.24) is 16.4 Å². The molecule has 0 aliphatic heterocycles. The van der Waals surface area contributed by atoms with E-state index in [0.29, 0.717) is 0 Å². The second kappa shape index (κ2) is 14.8.